The summed E-state index contributed by atoms with van der Waals surface area (Å²) in [5, 5.41) is 11.3. The van der Waals surface area contributed by atoms with Gasteiger partial charge < -0.3 is 4.74 Å². The summed E-state index contributed by atoms with van der Waals surface area (Å²) in [5.41, 5.74) is -0.598. The van der Waals surface area contributed by atoms with Gasteiger partial charge in [-0.15, -0.1) is 0 Å². The molecule has 0 bridgehead atoms. The second-order valence-corrected chi connectivity index (χ2v) is 9.12. The predicted molar refractivity (Wildman–Crippen MR) is 99.8 cm³/mol. The number of benzene rings is 2. The summed E-state index contributed by atoms with van der Waals surface area (Å²) >= 11 is 0. The van der Waals surface area contributed by atoms with Gasteiger partial charge in [-0.05, 0) is 37.3 Å². The third-order valence-corrected chi connectivity index (χ3v) is 7.43. The van der Waals surface area contributed by atoms with Crippen LogP contribution in [0, 0.1) is 21.7 Å². The van der Waals surface area contributed by atoms with Crippen LogP contribution in [0.1, 0.15) is 18.6 Å². The van der Waals surface area contributed by atoms with Crippen LogP contribution in [-0.4, -0.2) is 40.4 Å². The van der Waals surface area contributed by atoms with Crippen LogP contribution >= 0.6 is 7.67 Å². The van der Waals surface area contributed by atoms with Gasteiger partial charge in [-0.1, -0.05) is 0 Å². The summed E-state index contributed by atoms with van der Waals surface area (Å²) < 4.78 is 55.5. The highest BCUT2D eigenvalue weighted by molar-refractivity contribution is 7.54. The van der Waals surface area contributed by atoms with Crippen LogP contribution in [0.2, 0.25) is 0 Å². The fraction of sp³-hybridized carbons (Fsp3) is 0.333. The molecule has 11 heteroatoms. The molecule has 0 spiro atoms. The Morgan fingerprint density at radius 2 is 1.69 bits per heavy atom. The minimum atomic E-state index is -3.22. The van der Waals surface area contributed by atoms with Gasteiger partial charge in [-0.2, -0.15) is 0 Å². The van der Waals surface area contributed by atoms with Crippen molar-refractivity contribution in [1.82, 2.24) is 9.34 Å². The molecule has 2 aliphatic heterocycles. The molecule has 8 nitrogen and oxygen atoms in total. The van der Waals surface area contributed by atoms with Crippen molar-refractivity contribution < 1.29 is 27.5 Å². The molecule has 154 valence electrons. The van der Waals surface area contributed by atoms with E-state index in [4.69, 9.17) is 9.26 Å². The van der Waals surface area contributed by atoms with E-state index >= 15 is 0 Å². The second-order valence-electron chi connectivity index (χ2n) is 6.80. The lowest BCUT2D eigenvalue weighted by Gasteiger charge is -2.24. The molecule has 0 aromatic heterocycles. The van der Waals surface area contributed by atoms with Crippen molar-refractivity contribution in [1.29, 1.82) is 0 Å². The van der Waals surface area contributed by atoms with Crippen LogP contribution in [0.3, 0.4) is 0 Å². The molecule has 29 heavy (non-hydrogen) atoms. The SMILES string of the molecule is CC(OP(=O)(N1CC1)N1CC1)c1cc(Oc2ccc(F)cc2)c([N+](=O)[O-])cc1F. The first-order valence-corrected chi connectivity index (χ1v) is 10.5. The monoisotopic (exact) mass is 425 g/mol. The molecule has 2 aromatic carbocycles. The molecular formula is C18H18F2N3O5P. The fourth-order valence-electron chi connectivity index (χ4n) is 2.89. The Labute approximate surface area is 165 Å². The minimum absolute atomic E-state index is 0.0170. The van der Waals surface area contributed by atoms with Crippen molar-refractivity contribution in [3.05, 3.63) is 63.7 Å². The number of halogens is 2. The van der Waals surface area contributed by atoms with E-state index in [2.05, 4.69) is 0 Å². The maximum Gasteiger partial charge on any atom is 0.346 e. The van der Waals surface area contributed by atoms with Gasteiger partial charge in [0.1, 0.15) is 17.4 Å². The van der Waals surface area contributed by atoms with Crippen molar-refractivity contribution in [2.45, 2.75) is 13.0 Å². The largest absolute Gasteiger partial charge is 0.450 e. The quantitative estimate of drug-likeness (QED) is 0.267. The highest BCUT2D eigenvalue weighted by Crippen LogP contribution is 2.63. The zero-order valence-corrected chi connectivity index (χ0v) is 16.4. The fourth-order valence-corrected chi connectivity index (χ4v) is 5.23. The maximum atomic E-state index is 14.6. The standard InChI is InChI=1S/C18H18F2N3O5P/c1-12(28-29(26,21-6-7-21)22-8-9-22)15-10-18(17(23(24)25)11-16(15)20)27-14-4-2-13(19)3-5-14/h2-5,10-12H,6-9H2,1H3. The van der Waals surface area contributed by atoms with Gasteiger partial charge in [0.2, 0.25) is 5.75 Å². The van der Waals surface area contributed by atoms with E-state index in [1.807, 2.05) is 0 Å². The molecule has 2 aliphatic rings. The van der Waals surface area contributed by atoms with Crippen LogP contribution in [-0.2, 0) is 9.09 Å². The lowest BCUT2D eigenvalue weighted by atomic mass is 10.1. The Balaban J connectivity index is 1.65. The van der Waals surface area contributed by atoms with Gasteiger partial charge in [-0.3, -0.25) is 19.2 Å². The maximum absolute atomic E-state index is 14.6. The van der Waals surface area contributed by atoms with Crippen LogP contribution in [0.5, 0.6) is 11.5 Å². The van der Waals surface area contributed by atoms with Gasteiger partial charge in [0.15, 0.2) is 0 Å². The van der Waals surface area contributed by atoms with E-state index in [0.717, 1.165) is 24.3 Å². The molecule has 2 saturated heterocycles. The van der Waals surface area contributed by atoms with Crippen LogP contribution in [0.4, 0.5) is 14.5 Å². The first-order chi connectivity index (χ1) is 13.8. The van der Waals surface area contributed by atoms with Crippen molar-refractivity contribution in [2.75, 3.05) is 26.2 Å². The van der Waals surface area contributed by atoms with Crippen LogP contribution in [0.25, 0.3) is 0 Å². The zero-order valence-electron chi connectivity index (χ0n) is 15.5. The minimum Gasteiger partial charge on any atom is -0.450 e. The average Bonchev–Trinajstić information content (AvgIpc) is 3.56. The van der Waals surface area contributed by atoms with Gasteiger partial charge in [0.05, 0.1) is 17.1 Å². The van der Waals surface area contributed by atoms with E-state index in [0.29, 0.717) is 26.2 Å². The number of nitro groups is 1. The smallest absolute Gasteiger partial charge is 0.346 e. The summed E-state index contributed by atoms with van der Waals surface area (Å²) in [6.07, 6.45) is -0.932. The van der Waals surface area contributed by atoms with E-state index in [1.165, 1.54) is 19.1 Å². The van der Waals surface area contributed by atoms with Gasteiger partial charge in [-0.25, -0.2) is 18.1 Å². The molecule has 0 N–H and O–H groups in total. The molecular weight excluding hydrogens is 407 g/mol. The first kappa shape index (κ1) is 19.9. The Bertz CT molecular complexity index is 980. The summed E-state index contributed by atoms with van der Waals surface area (Å²) in [7, 11) is -3.22. The Kier molecular flexibility index (Phi) is 5.12. The van der Waals surface area contributed by atoms with Gasteiger partial charge in [0.25, 0.3) is 0 Å². The Morgan fingerprint density at radius 3 is 2.21 bits per heavy atom. The molecule has 0 saturated carbocycles. The third-order valence-electron chi connectivity index (χ3n) is 4.61. The molecule has 4 rings (SSSR count). The normalized spacial score (nSPS) is 17.8. The van der Waals surface area contributed by atoms with Crippen LogP contribution in [0.15, 0.2) is 36.4 Å². The number of hydrogen-bond donors (Lipinski definition) is 0. The first-order valence-electron chi connectivity index (χ1n) is 8.98. The highest BCUT2D eigenvalue weighted by atomic mass is 31.2. The van der Waals surface area contributed by atoms with E-state index in [1.54, 1.807) is 9.34 Å². The van der Waals surface area contributed by atoms with Crippen molar-refractivity contribution >= 4 is 13.4 Å². The summed E-state index contributed by atoms with van der Waals surface area (Å²) in [6.45, 7) is 4.10. The van der Waals surface area contributed by atoms with Crippen molar-refractivity contribution in [2.24, 2.45) is 0 Å². The van der Waals surface area contributed by atoms with E-state index in [-0.39, 0.29) is 17.1 Å². The summed E-state index contributed by atoms with van der Waals surface area (Å²) in [6, 6.07) is 6.79. The summed E-state index contributed by atoms with van der Waals surface area (Å²) in [4.78, 5) is 10.6. The lowest BCUT2D eigenvalue weighted by molar-refractivity contribution is -0.385. The lowest BCUT2D eigenvalue weighted by Crippen LogP contribution is -2.12. The molecule has 2 fully saturated rings. The number of nitro benzene ring substituents is 1. The van der Waals surface area contributed by atoms with E-state index < -0.39 is 36.0 Å². The van der Waals surface area contributed by atoms with Crippen molar-refractivity contribution in [3.8, 4) is 11.5 Å². The zero-order chi connectivity index (χ0) is 20.8. The van der Waals surface area contributed by atoms with E-state index in [9.17, 15) is 23.5 Å². The number of hydrogen-bond acceptors (Lipinski definition) is 5. The topological polar surface area (TPSA) is 84.7 Å². The molecule has 1 unspecified atom stereocenters. The predicted octanol–water partition coefficient (Wildman–Crippen LogP) is 4.48. The summed E-state index contributed by atoms with van der Waals surface area (Å²) in [5.74, 6) is -1.42. The molecule has 2 heterocycles. The van der Waals surface area contributed by atoms with Crippen molar-refractivity contribution in [3.63, 3.8) is 0 Å². The Morgan fingerprint density at radius 1 is 1.10 bits per heavy atom. The number of nitrogens with zero attached hydrogens (tertiary/aromatic N) is 3. The number of rotatable bonds is 8. The molecule has 2 aromatic rings. The van der Waals surface area contributed by atoms with Gasteiger partial charge in [0, 0.05) is 31.7 Å². The molecule has 1 atom stereocenters. The van der Waals surface area contributed by atoms with Gasteiger partial charge >= 0.3 is 13.4 Å². The number of ether oxygens (including phenoxy) is 1. The van der Waals surface area contributed by atoms with Crippen LogP contribution < -0.4 is 4.74 Å². The highest BCUT2D eigenvalue weighted by Gasteiger charge is 2.50. The Hall–Kier alpha value is -2.39. The molecule has 0 aliphatic carbocycles. The molecule has 0 amide bonds. The average molecular weight is 425 g/mol. The third kappa shape index (κ3) is 4.16. The molecule has 0 radical (unpaired) electrons. The second kappa shape index (κ2) is 7.46.